The Morgan fingerprint density at radius 2 is 0.881 bits per heavy atom. The Labute approximate surface area is 246 Å². The van der Waals surface area contributed by atoms with Crippen LogP contribution in [0, 0.1) is 0 Å². The first-order valence-electron chi connectivity index (χ1n) is 14.6. The van der Waals surface area contributed by atoms with E-state index in [1.165, 1.54) is 44.5 Å². The van der Waals surface area contributed by atoms with E-state index < -0.39 is 10.8 Å². The highest BCUT2D eigenvalue weighted by atomic mass is 16.3. The van der Waals surface area contributed by atoms with Crippen LogP contribution in [-0.4, -0.2) is 10.2 Å². The van der Waals surface area contributed by atoms with Gasteiger partial charge in [-0.2, -0.15) is 0 Å². The lowest BCUT2D eigenvalue weighted by atomic mass is 9.65. The number of phenols is 2. The molecule has 6 aromatic carbocycles. The molecule has 0 aliphatic heterocycles. The van der Waals surface area contributed by atoms with Crippen LogP contribution in [0.2, 0.25) is 0 Å². The Morgan fingerprint density at radius 3 is 1.38 bits per heavy atom. The number of phenolic OH excluding ortho intramolecular Hbond substituents is 2. The van der Waals surface area contributed by atoms with Gasteiger partial charge in [-0.3, -0.25) is 0 Å². The third-order valence-electron chi connectivity index (χ3n) is 9.74. The second-order valence-electron chi connectivity index (χ2n) is 11.5. The minimum atomic E-state index is -0.629. The lowest BCUT2D eigenvalue weighted by molar-refractivity contribution is 0.450. The summed E-state index contributed by atoms with van der Waals surface area (Å²) in [5, 5.41) is 22.0. The fraction of sp³-hybridized carbons (Fsp3) is 0.100. The second-order valence-corrected chi connectivity index (χ2v) is 11.5. The average molecular weight is 543 g/mol. The van der Waals surface area contributed by atoms with Crippen LogP contribution in [0.5, 0.6) is 11.5 Å². The van der Waals surface area contributed by atoms with Crippen LogP contribution < -0.4 is 0 Å². The molecule has 0 atom stereocenters. The van der Waals surface area contributed by atoms with Gasteiger partial charge in [0.1, 0.15) is 11.5 Å². The van der Waals surface area contributed by atoms with Crippen molar-refractivity contribution in [2.45, 2.75) is 24.2 Å². The van der Waals surface area contributed by atoms with Crippen LogP contribution in [0.1, 0.15) is 52.3 Å². The highest BCUT2D eigenvalue weighted by Gasteiger charge is 2.49. The molecule has 0 bridgehead atoms. The van der Waals surface area contributed by atoms with Crippen molar-refractivity contribution in [1.29, 1.82) is 0 Å². The van der Waals surface area contributed by atoms with Crippen molar-refractivity contribution in [2.24, 2.45) is 0 Å². The molecule has 2 heteroatoms. The van der Waals surface area contributed by atoms with Crippen LogP contribution in [0.3, 0.4) is 0 Å². The van der Waals surface area contributed by atoms with Gasteiger partial charge in [-0.1, -0.05) is 122 Å². The molecule has 2 nitrogen and oxygen atoms in total. The molecule has 0 saturated carbocycles. The fourth-order valence-corrected chi connectivity index (χ4v) is 8.03. The Hall–Kier alpha value is -5.08. The summed E-state index contributed by atoms with van der Waals surface area (Å²) in [4.78, 5) is 0. The quantitative estimate of drug-likeness (QED) is 0.233. The van der Waals surface area contributed by atoms with E-state index in [9.17, 15) is 10.2 Å². The topological polar surface area (TPSA) is 40.5 Å². The molecule has 6 aromatic rings. The summed E-state index contributed by atoms with van der Waals surface area (Å²) in [6.45, 7) is 2.22. The summed E-state index contributed by atoms with van der Waals surface area (Å²) in [5.41, 5.74) is 11.7. The molecule has 2 N–H and O–H groups in total. The predicted molar refractivity (Wildman–Crippen MR) is 169 cm³/mol. The first kappa shape index (κ1) is 24.7. The van der Waals surface area contributed by atoms with E-state index in [0.29, 0.717) is 5.75 Å². The van der Waals surface area contributed by atoms with E-state index in [1.807, 2.05) is 18.2 Å². The SMILES string of the molecule is CCC1(c2cc(C3(c4ccc(O)cc4)c4ccccc4-c4ccccc43)ccc2O)c2ccccc2-c2ccccc21. The number of rotatable bonds is 4. The van der Waals surface area contributed by atoms with E-state index in [4.69, 9.17) is 0 Å². The van der Waals surface area contributed by atoms with Crippen molar-refractivity contribution >= 4 is 0 Å². The zero-order valence-electron chi connectivity index (χ0n) is 23.4. The zero-order chi connectivity index (χ0) is 28.5. The normalized spacial score (nSPS) is 15.0. The molecule has 0 heterocycles. The predicted octanol–water partition coefficient (Wildman–Crippen LogP) is 9.19. The number of fused-ring (bicyclic) bond motifs is 6. The van der Waals surface area contributed by atoms with E-state index in [1.54, 1.807) is 12.1 Å². The van der Waals surface area contributed by atoms with E-state index in [2.05, 4.69) is 116 Å². The van der Waals surface area contributed by atoms with Crippen molar-refractivity contribution in [1.82, 2.24) is 0 Å². The van der Waals surface area contributed by atoms with Crippen molar-refractivity contribution in [3.05, 3.63) is 178 Å². The highest BCUT2D eigenvalue weighted by Crippen LogP contribution is 2.59. The summed E-state index contributed by atoms with van der Waals surface area (Å²) >= 11 is 0. The van der Waals surface area contributed by atoms with Gasteiger partial charge in [0.25, 0.3) is 0 Å². The monoisotopic (exact) mass is 542 g/mol. The van der Waals surface area contributed by atoms with Gasteiger partial charge in [-0.15, -0.1) is 0 Å². The number of benzene rings is 6. The molecule has 0 fully saturated rings. The van der Waals surface area contributed by atoms with Crippen LogP contribution in [0.15, 0.2) is 140 Å². The van der Waals surface area contributed by atoms with Crippen molar-refractivity contribution in [2.75, 3.05) is 0 Å². The maximum Gasteiger partial charge on any atom is 0.120 e. The van der Waals surface area contributed by atoms with Gasteiger partial charge in [-0.05, 0) is 86.3 Å². The van der Waals surface area contributed by atoms with E-state index in [-0.39, 0.29) is 5.75 Å². The smallest absolute Gasteiger partial charge is 0.120 e. The molecule has 8 rings (SSSR count). The lowest BCUT2D eigenvalue weighted by Gasteiger charge is -2.37. The largest absolute Gasteiger partial charge is 0.508 e. The molecular formula is C40H30O2. The number of hydrogen-bond donors (Lipinski definition) is 2. The van der Waals surface area contributed by atoms with Crippen LogP contribution in [0.4, 0.5) is 0 Å². The molecular weight excluding hydrogens is 512 g/mol. The molecule has 0 saturated heterocycles. The highest BCUT2D eigenvalue weighted by molar-refractivity contribution is 5.87. The Morgan fingerprint density at radius 1 is 0.452 bits per heavy atom. The molecule has 2 aliphatic rings. The lowest BCUT2D eigenvalue weighted by Crippen LogP contribution is -2.31. The first-order chi connectivity index (χ1) is 20.6. The van der Waals surface area contributed by atoms with Crippen LogP contribution in [0.25, 0.3) is 22.3 Å². The van der Waals surface area contributed by atoms with E-state index in [0.717, 1.165) is 23.1 Å². The van der Waals surface area contributed by atoms with Crippen LogP contribution >= 0.6 is 0 Å². The standard InChI is InChI=1S/C40H30O2/c1-2-39(33-15-7-3-11-29(33)30-12-4-8-16-34(30)39)37-25-27(21-24-38(37)42)40(26-19-22-28(41)23-20-26)35-17-9-5-13-31(35)32-14-6-10-18-36(32)40/h3-25,41-42H,2H2,1H3. The molecule has 0 unspecified atom stereocenters. The van der Waals surface area contributed by atoms with Gasteiger partial charge < -0.3 is 10.2 Å². The van der Waals surface area contributed by atoms with Crippen LogP contribution in [-0.2, 0) is 10.8 Å². The fourth-order valence-electron chi connectivity index (χ4n) is 8.03. The third kappa shape index (κ3) is 3.04. The van der Waals surface area contributed by atoms with Crippen molar-refractivity contribution < 1.29 is 10.2 Å². The minimum absolute atomic E-state index is 0.240. The van der Waals surface area contributed by atoms with Gasteiger partial charge in [0, 0.05) is 11.0 Å². The Kier molecular flexibility index (Phi) is 5.27. The third-order valence-corrected chi connectivity index (χ3v) is 9.74. The Bertz CT molecular complexity index is 1910. The zero-order valence-corrected chi connectivity index (χ0v) is 23.4. The molecule has 42 heavy (non-hydrogen) atoms. The maximum atomic E-state index is 11.7. The van der Waals surface area contributed by atoms with Crippen molar-refractivity contribution in [3.63, 3.8) is 0 Å². The Balaban J connectivity index is 1.49. The summed E-state index contributed by atoms with van der Waals surface area (Å²) in [6, 6.07) is 48.4. The van der Waals surface area contributed by atoms with Gasteiger partial charge >= 0.3 is 0 Å². The number of aromatic hydroxyl groups is 2. The van der Waals surface area contributed by atoms with Gasteiger partial charge in [0.05, 0.1) is 5.41 Å². The molecule has 0 amide bonds. The van der Waals surface area contributed by atoms with Gasteiger partial charge in [0.2, 0.25) is 0 Å². The first-order valence-corrected chi connectivity index (χ1v) is 14.6. The van der Waals surface area contributed by atoms with Crippen molar-refractivity contribution in [3.8, 4) is 33.8 Å². The average Bonchev–Trinajstić information content (AvgIpc) is 3.51. The maximum absolute atomic E-state index is 11.7. The minimum Gasteiger partial charge on any atom is -0.508 e. The summed E-state index contributed by atoms with van der Waals surface area (Å²) < 4.78 is 0. The second kappa shape index (κ2) is 8.96. The number of hydrogen-bond acceptors (Lipinski definition) is 2. The summed E-state index contributed by atoms with van der Waals surface area (Å²) in [5.74, 6) is 0.538. The summed E-state index contributed by atoms with van der Waals surface area (Å²) in [7, 11) is 0. The van der Waals surface area contributed by atoms with E-state index >= 15 is 0 Å². The molecule has 2 aliphatic carbocycles. The molecule has 0 spiro atoms. The van der Waals surface area contributed by atoms with Gasteiger partial charge in [0.15, 0.2) is 0 Å². The molecule has 202 valence electrons. The van der Waals surface area contributed by atoms with Gasteiger partial charge in [-0.25, -0.2) is 0 Å². The molecule has 0 radical (unpaired) electrons. The summed E-state index contributed by atoms with van der Waals surface area (Å²) in [6.07, 6.45) is 0.803. The molecule has 0 aromatic heterocycles.